The summed E-state index contributed by atoms with van der Waals surface area (Å²) in [4.78, 5) is 28.1. The number of anilines is 2. The van der Waals surface area contributed by atoms with E-state index in [1.54, 1.807) is 60.9 Å². The molecule has 41 heavy (non-hydrogen) atoms. The van der Waals surface area contributed by atoms with Gasteiger partial charge in [0.1, 0.15) is 11.0 Å². The number of rotatable bonds is 4. The maximum atomic E-state index is 14.8. The minimum Gasteiger partial charge on any atom is -0.340 e. The molecule has 0 bridgehead atoms. The van der Waals surface area contributed by atoms with Gasteiger partial charge in [-0.2, -0.15) is 0 Å². The van der Waals surface area contributed by atoms with Crippen LogP contribution >= 0.6 is 11.6 Å². The fraction of sp³-hybridized carbons (Fsp3) is 0.167. The largest absolute Gasteiger partial charge is 0.340 e. The molecule has 9 nitrogen and oxygen atoms in total. The normalized spacial score (nSPS) is 16.2. The van der Waals surface area contributed by atoms with E-state index >= 15 is 0 Å². The number of fused-ring (bicyclic) bond motifs is 3. The third-order valence-electron chi connectivity index (χ3n) is 7.04. The number of allylic oxidation sites excluding steroid dienone is 5. The van der Waals surface area contributed by atoms with Crippen molar-refractivity contribution in [2.24, 2.45) is 4.99 Å². The molecular formula is C30H26ClFN8O. The Labute approximate surface area is 241 Å². The van der Waals surface area contributed by atoms with Gasteiger partial charge in [-0.3, -0.25) is 15.5 Å². The number of nitrogens with one attached hydrogen (secondary N) is 4. The third-order valence-corrected chi connectivity index (χ3v) is 7.25. The molecule has 2 aliphatic heterocycles. The zero-order chi connectivity index (χ0) is 28.3. The highest BCUT2D eigenvalue weighted by atomic mass is 35.5. The zero-order valence-electron chi connectivity index (χ0n) is 21.9. The van der Waals surface area contributed by atoms with Crippen molar-refractivity contribution in [1.29, 1.82) is 5.41 Å². The summed E-state index contributed by atoms with van der Waals surface area (Å²) in [6, 6.07) is 13.4. The molecule has 3 heterocycles. The molecule has 1 saturated heterocycles. The molecular weight excluding hydrogens is 543 g/mol. The number of halogens is 2. The Hall–Kier alpha value is -4.67. The summed E-state index contributed by atoms with van der Waals surface area (Å²) in [5.74, 6) is -0.234. The van der Waals surface area contributed by atoms with Crippen LogP contribution in [0, 0.1) is 11.2 Å². The second-order valence-electron chi connectivity index (χ2n) is 9.66. The lowest BCUT2D eigenvalue weighted by Gasteiger charge is -2.29. The van der Waals surface area contributed by atoms with Crippen LogP contribution in [0.1, 0.15) is 27.2 Å². The van der Waals surface area contributed by atoms with Crippen LogP contribution in [-0.2, 0) is 6.42 Å². The molecule has 0 atom stereocenters. The van der Waals surface area contributed by atoms with E-state index in [9.17, 15) is 9.18 Å². The fourth-order valence-corrected chi connectivity index (χ4v) is 5.09. The van der Waals surface area contributed by atoms with Gasteiger partial charge < -0.3 is 15.5 Å². The summed E-state index contributed by atoms with van der Waals surface area (Å²) >= 11 is 6.34. The summed E-state index contributed by atoms with van der Waals surface area (Å²) in [5, 5.41) is 17.5. The molecule has 6 rings (SSSR count). The van der Waals surface area contributed by atoms with Crippen LogP contribution in [0.15, 0.2) is 83.6 Å². The summed E-state index contributed by atoms with van der Waals surface area (Å²) in [7, 11) is 0. The van der Waals surface area contributed by atoms with Gasteiger partial charge >= 0.3 is 0 Å². The van der Waals surface area contributed by atoms with Crippen molar-refractivity contribution in [3.63, 3.8) is 0 Å². The van der Waals surface area contributed by atoms with Crippen LogP contribution in [0.5, 0.6) is 0 Å². The average molecular weight is 569 g/mol. The second-order valence-corrected chi connectivity index (χ2v) is 10.1. The van der Waals surface area contributed by atoms with Gasteiger partial charge in [0.2, 0.25) is 5.95 Å². The van der Waals surface area contributed by atoms with Crippen LogP contribution in [0.3, 0.4) is 0 Å². The van der Waals surface area contributed by atoms with E-state index in [1.165, 1.54) is 6.07 Å². The molecule has 3 aliphatic rings. The van der Waals surface area contributed by atoms with Crippen molar-refractivity contribution >= 4 is 51.4 Å². The molecule has 1 aliphatic carbocycles. The SMILES string of the molecule is N=C(NC(=O)c1ccc(Nc2ncc3c(n2)C2=CN=C(Cl)C=C(c4ccccc4F)C2=CC3)cc1)N1CCNCC1. The zero-order valence-corrected chi connectivity index (χ0v) is 22.7. The molecule has 0 radical (unpaired) electrons. The van der Waals surface area contributed by atoms with Crippen molar-refractivity contribution < 1.29 is 9.18 Å². The van der Waals surface area contributed by atoms with Gasteiger partial charge in [0.05, 0.1) is 5.69 Å². The minimum absolute atomic E-state index is 0.0982. The lowest BCUT2D eigenvalue weighted by molar-refractivity contribution is 0.0971. The Bertz CT molecular complexity index is 1660. The second kappa shape index (κ2) is 11.4. The van der Waals surface area contributed by atoms with Gasteiger partial charge in [-0.05, 0) is 54.0 Å². The molecule has 206 valence electrons. The maximum Gasteiger partial charge on any atom is 0.257 e. The predicted octanol–water partition coefficient (Wildman–Crippen LogP) is 4.49. The maximum absolute atomic E-state index is 14.8. The molecule has 3 aromatic rings. The number of aliphatic imine (C=N–C) groups is 1. The van der Waals surface area contributed by atoms with E-state index in [-0.39, 0.29) is 22.9 Å². The summed E-state index contributed by atoms with van der Waals surface area (Å²) in [5.41, 5.74) is 5.30. The quantitative estimate of drug-likeness (QED) is 0.272. The Morgan fingerprint density at radius 1 is 1.05 bits per heavy atom. The molecule has 0 spiro atoms. The van der Waals surface area contributed by atoms with E-state index < -0.39 is 0 Å². The van der Waals surface area contributed by atoms with E-state index in [1.807, 2.05) is 11.0 Å². The predicted molar refractivity (Wildman–Crippen MR) is 159 cm³/mol. The van der Waals surface area contributed by atoms with Crippen molar-refractivity contribution in [3.05, 3.63) is 107 Å². The molecule has 0 saturated carbocycles. The monoisotopic (exact) mass is 568 g/mol. The van der Waals surface area contributed by atoms with E-state index in [0.717, 1.165) is 29.8 Å². The van der Waals surface area contributed by atoms with Gasteiger partial charge in [0.15, 0.2) is 5.96 Å². The van der Waals surface area contributed by atoms with Crippen LogP contribution in [-0.4, -0.2) is 58.1 Å². The number of amides is 1. The third kappa shape index (κ3) is 5.65. The number of piperazine rings is 1. The first-order chi connectivity index (χ1) is 20.0. The number of hydrogen-bond acceptors (Lipinski definition) is 7. The number of carbonyl (C=O) groups is 1. The van der Waals surface area contributed by atoms with Crippen molar-refractivity contribution in [2.75, 3.05) is 31.5 Å². The average Bonchev–Trinajstić information content (AvgIpc) is 3.17. The fourth-order valence-electron chi connectivity index (χ4n) is 4.93. The number of benzene rings is 2. The number of guanidine groups is 1. The van der Waals surface area contributed by atoms with Crippen molar-refractivity contribution in [2.45, 2.75) is 6.42 Å². The van der Waals surface area contributed by atoms with E-state index in [4.69, 9.17) is 22.0 Å². The topological polar surface area (TPSA) is 118 Å². The first-order valence-electron chi connectivity index (χ1n) is 13.2. The first kappa shape index (κ1) is 26.5. The highest BCUT2D eigenvalue weighted by molar-refractivity contribution is 6.69. The summed E-state index contributed by atoms with van der Waals surface area (Å²) in [6.07, 6.45) is 7.66. The highest BCUT2D eigenvalue weighted by Gasteiger charge is 2.26. The van der Waals surface area contributed by atoms with Crippen LogP contribution < -0.4 is 16.0 Å². The Kier molecular flexibility index (Phi) is 7.41. The van der Waals surface area contributed by atoms with Crippen LogP contribution in [0.2, 0.25) is 0 Å². The smallest absolute Gasteiger partial charge is 0.257 e. The van der Waals surface area contributed by atoms with Crippen molar-refractivity contribution in [1.82, 2.24) is 25.5 Å². The van der Waals surface area contributed by atoms with Gasteiger partial charge in [-0.15, -0.1) is 0 Å². The van der Waals surface area contributed by atoms with Gasteiger partial charge in [0.25, 0.3) is 5.91 Å². The molecule has 11 heteroatoms. The molecule has 0 unspecified atom stereocenters. The van der Waals surface area contributed by atoms with Gasteiger partial charge in [0, 0.05) is 66.5 Å². The first-order valence-corrected chi connectivity index (χ1v) is 13.5. The van der Waals surface area contributed by atoms with Crippen molar-refractivity contribution in [3.8, 4) is 0 Å². The van der Waals surface area contributed by atoms with Gasteiger partial charge in [-0.1, -0.05) is 35.9 Å². The lowest BCUT2D eigenvalue weighted by Crippen LogP contribution is -2.51. The standard InChI is InChI=1S/C30H26ClFN8O/c31-26-15-23(22-3-1-2-4-25(22)32)21-10-7-19-16-36-30(38-27(19)24(21)17-35-26)37-20-8-5-18(6-9-20)28(41)39-29(33)40-13-11-34-12-14-40/h1-6,8-10,15-17,34H,7,11-14H2,(H2,33,39,41)(H,36,37,38). The Morgan fingerprint density at radius 2 is 1.83 bits per heavy atom. The molecule has 1 aromatic heterocycles. The van der Waals surface area contributed by atoms with E-state index in [0.29, 0.717) is 53.5 Å². The molecule has 1 fully saturated rings. The highest BCUT2D eigenvalue weighted by Crippen LogP contribution is 2.40. The molecule has 1 amide bonds. The van der Waals surface area contributed by atoms with Crippen LogP contribution in [0.4, 0.5) is 16.0 Å². The minimum atomic E-state index is -0.348. The summed E-state index contributed by atoms with van der Waals surface area (Å²) < 4.78 is 14.8. The Balaban J connectivity index is 1.20. The van der Waals surface area contributed by atoms with Crippen LogP contribution in [0.25, 0.3) is 11.1 Å². The van der Waals surface area contributed by atoms with Gasteiger partial charge in [-0.25, -0.2) is 19.4 Å². The van der Waals surface area contributed by atoms with E-state index in [2.05, 4.69) is 25.9 Å². The number of hydrogen-bond donors (Lipinski definition) is 4. The molecule has 2 aromatic carbocycles. The molecule has 4 N–H and O–H groups in total. The Morgan fingerprint density at radius 3 is 2.61 bits per heavy atom. The number of carbonyl (C=O) groups excluding carboxylic acids is 1. The number of aromatic nitrogens is 2. The lowest BCUT2D eigenvalue weighted by atomic mass is 9.85. The summed E-state index contributed by atoms with van der Waals surface area (Å²) in [6.45, 7) is 2.92. The number of nitrogens with zero attached hydrogens (tertiary/aromatic N) is 4.